The maximum atomic E-state index is 13.0. The summed E-state index contributed by atoms with van der Waals surface area (Å²) in [7, 11) is 3.22. The van der Waals surface area contributed by atoms with Crippen LogP contribution in [0.5, 0.6) is 11.5 Å². The van der Waals surface area contributed by atoms with Crippen molar-refractivity contribution in [1.82, 2.24) is 15.2 Å². The van der Waals surface area contributed by atoms with Crippen LogP contribution in [0.15, 0.2) is 78.0 Å². The van der Waals surface area contributed by atoms with Gasteiger partial charge in [0.25, 0.3) is 0 Å². The van der Waals surface area contributed by atoms with E-state index in [0.29, 0.717) is 34.2 Å². The number of amides is 2. The van der Waals surface area contributed by atoms with Gasteiger partial charge in [-0.1, -0.05) is 18.7 Å². The molecule has 4 aromatic rings. The molecule has 194 valence electrons. The van der Waals surface area contributed by atoms with Gasteiger partial charge in [-0.05, 0) is 79.2 Å². The minimum absolute atomic E-state index is 0.210. The minimum atomic E-state index is -0.528. The van der Waals surface area contributed by atoms with E-state index >= 15 is 0 Å². The first kappa shape index (κ1) is 26.6. The normalized spacial score (nSPS) is 11.4. The molecule has 9 nitrogen and oxygen atoms in total. The van der Waals surface area contributed by atoms with E-state index < -0.39 is 11.2 Å². The second-order valence-corrected chi connectivity index (χ2v) is 9.36. The number of primary amides is 1. The van der Waals surface area contributed by atoms with Crippen LogP contribution in [0, 0.1) is 0 Å². The molecule has 0 bridgehead atoms. The average Bonchev–Trinajstić information content (AvgIpc) is 2.96. The molecule has 1 heterocycles. The molecule has 4 rings (SSSR count). The lowest BCUT2D eigenvalue weighted by atomic mass is 10.0. The Bertz CT molecular complexity index is 1410. The Morgan fingerprint density at radius 3 is 1.89 bits per heavy atom. The van der Waals surface area contributed by atoms with Gasteiger partial charge in [-0.25, -0.2) is 4.98 Å². The van der Waals surface area contributed by atoms with Crippen LogP contribution in [0.2, 0.25) is 0 Å². The Labute approximate surface area is 224 Å². The Morgan fingerprint density at radius 2 is 1.39 bits per heavy atom. The number of ether oxygens (including phenoxy) is 2. The number of nitrogens with zero attached hydrogens (tertiary/aromatic N) is 3. The van der Waals surface area contributed by atoms with Crippen LogP contribution in [0.25, 0.3) is 22.5 Å². The zero-order valence-electron chi connectivity index (χ0n) is 21.2. The van der Waals surface area contributed by atoms with E-state index in [4.69, 9.17) is 20.2 Å². The molecule has 0 saturated heterocycles. The van der Waals surface area contributed by atoms with Gasteiger partial charge in [0, 0.05) is 22.4 Å². The Hall–Kier alpha value is -4.44. The summed E-state index contributed by atoms with van der Waals surface area (Å²) in [6.07, 6.45) is 0.539. The average molecular weight is 530 g/mol. The summed E-state index contributed by atoms with van der Waals surface area (Å²) < 4.78 is 10.6. The quantitative estimate of drug-likeness (QED) is 0.280. The second-order valence-electron chi connectivity index (χ2n) is 8.19. The molecule has 38 heavy (non-hydrogen) atoms. The van der Waals surface area contributed by atoms with Gasteiger partial charge < -0.3 is 20.5 Å². The van der Waals surface area contributed by atoms with Crippen LogP contribution in [0.3, 0.4) is 0 Å². The van der Waals surface area contributed by atoms with E-state index in [2.05, 4.69) is 15.5 Å². The largest absolute Gasteiger partial charge is 0.497 e. The smallest absolute Gasteiger partial charge is 0.248 e. The van der Waals surface area contributed by atoms with E-state index in [-0.39, 0.29) is 5.91 Å². The van der Waals surface area contributed by atoms with Crippen LogP contribution in [-0.4, -0.2) is 46.5 Å². The summed E-state index contributed by atoms with van der Waals surface area (Å²) in [4.78, 5) is 29.1. The number of aromatic nitrogens is 3. The predicted molar refractivity (Wildman–Crippen MR) is 147 cm³/mol. The standard InChI is InChI=1S/C28H27N5O4S/c1-4-23(27(35)30-20-11-5-19(6-12-20)26(29)34)38-28-31-24(17-7-13-21(36-2)14-8-17)25(32-33-28)18-9-15-22(37-3)16-10-18/h5-16,23H,4H2,1-3H3,(H2,29,34)(H,30,35). The third kappa shape index (κ3) is 6.27. The van der Waals surface area contributed by atoms with Crippen molar-refractivity contribution in [3.05, 3.63) is 78.4 Å². The van der Waals surface area contributed by atoms with Crippen LogP contribution in [-0.2, 0) is 4.79 Å². The lowest BCUT2D eigenvalue weighted by Crippen LogP contribution is -2.25. The highest BCUT2D eigenvalue weighted by Gasteiger charge is 2.22. The van der Waals surface area contributed by atoms with E-state index in [1.54, 1.807) is 38.5 Å². The van der Waals surface area contributed by atoms with Crippen molar-refractivity contribution < 1.29 is 19.1 Å². The van der Waals surface area contributed by atoms with Gasteiger partial charge >= 0.3 is 0 Å². The topological polar surface area (TPSA) is 129 Å². The number of rotatable bonds is 10. The minimum Gasteiger partial charge on any atom is -0.497 e. The van der Waals surface area contributed by atoms with Crippen molar-refractivity contribution in [1.29, 1.82) is 0 Å². The fraction of sp³-hybridized carbons (Fsp3) is 0.179. The van der Waals surface area contributed by atoms with Crippen molar-refractivity contribution in [3.63, 3.8) is 0 Å². The molecule has 0 aliphatic carbocycles. The molecule has 0 fully saturated rings. The van der Waals surface area contributed by atoms with Crippen molar-refractivity contribution in [2.75, 3.05) is 19.5 Å². The Morgan fingerprint density at radius 1 is 0.842 bits per heavy atom. The number of hydrogen-bond donors (Lipinski definition) is 2. The zero-order chi connectivity index (χ0) is 27.1. The third-order valence-corrected chi connectivity index (χ3v) is 6.96. The van der Waals surface area contributed by atoms with Gasteiger partial charge in [-0.3, -0.25) is 9.59 Å². The molecule has 1 aromatic heterocycles. The number of carbonyl (C=O) groups excluding carboxylic acids is 2. The van der Waals surface area contributed by atoms with Crippen molar-refractivity contribution in [2.45, 2.75) is 23.8 Å². The summed E-state index contributed by atoms with van der Waals surface area (Å²) in [6.45, 7) is 1.91. The first-order chi connectivity index (χ1) is 18.4. The summed E-state index contributed by atoms with van der Waals surface area (Å²) in [6, 6.07) is 21.4. The SMILES string of the molecule is CCC(Sc1nnc(-c2ccc(OC)cc2)c(-c2ccc(OC)cc2)n1)C(=O)Nc1ccc(C(N)=O)cc1. The highest BCUT2D eigenvalue weighted by atomic mass is 32.2. The molecule has 0 radical (unpaired) electrons. The maximum absolute atomic E-state index is 13.0. The molecule has 3 aromatic carbocycles. The molecule has 0 spiro atoms. The van der Waals surface area contributed by atoms with E-state index in [0.717, 1.165) is 22.6 Å². The molecular weight excluding hydrogens is 502 g/mol. The lowest BCUT2D eigenvalue weighted by molar-refractivity contribution is -0.115. The molecule has 2 amide bonds. The van der Waals surface area contributed by atoms with E-state index in [9.17, 15) is 9.59 Å². The highest BCUT2D eigenvalue weighted by molar-refractivity contribution is 8.00. The maximum Gasteiger partial charge on any atom is 0.248 e. The molecule has 3 N–H and O–H groups in total. The number of nitrogens with two attached hydrogens (primary N) is 1. The summed E-state index contributed by atoms with van der Waals surface area (Å²) in [5.74, 6) is 0.718. The van der Waals surface area contributed by atoms with Crippen LogP contribution in [0.1, 0.15) is 23.7 Å². The van der Waals surface area contributed by atoms with Gasteiger partial charge in [0.05, 0.1) is 19.5 Å². The number of methoxy groups -OCH3 is 2. The molecule has 0 aliphatic heterocycles. The monoisotopic (exact) mass is 529 g/mol. The van der Waals surface area contributed by atoms with Crippen LogP contribution < -0.4 is 20.5 Å². The molecule has 10 heteroatoms. The lowest BCUT2D eigenvalue weighted by Gasteiger charge is -2.15. The first-order valence-corrected chi connectivity index (χ1v) is 12.7. The van der Waals surface area contributed by atoms with Crippen molar-refractivity contribution in [2.24, 2.45) is 5.73 Å². The summed E-state index contributed by atoms with van der Waals surface area (Å²) in [5, 5.41) is 11.6. The number of thioether (sulfide) groups is 1. The molecule has 1 unspecified atom stereocenters. The van der Waals surface area contributed by atoms with Crippen molar-refractivity contribution in [3.8, 4) is 34.0 Å². The van der Waals surface area contributed by atoms with Gasteiger partial charge in [-0.15, -0.1) is 10.2 Å². The number of carbonyl (C=O) groups is 2. The van der Waals surface area contributed by atoms with Crippen molar-refractivity contribution >= 4 is 29.3 Å². The molecular formula is C28H27N5O4S. The Kier molecular flexibility index (Phi) is 8.55. The van der Waals surface area contributed by atoms with Gasteiger partial charge in [0.15, 0.2) is 0 Å². The number of hydrogen-bond acceptors (Lipinski definition) is 8. The molecule has 1 atom stereocenters. The first-order valence-electron chi connectivity index (χ1n) is 11.8. The van der Waals surface area contributed by atoms with Gasteiger partial charge in [0.2, 0.25) is 17.0 Å². The summed E-state index contributed by atoms with van der Waals surface area (Å²) >= 11 is 1.23. The zero-order valence-corrected chi connectivity index (χ0v) is 22.0. The van der Waals surface area contributed by atoms with Gasteiger partial charge in [0.1, 0.15) is 22.9 Å². The third-order valence-electron chi connectivity index (χ3n) is 5.74. The van der Waals surface area contributed by atoms with E-state index in [1.807, 2.05) is 55.5 Å². The number of benzene rings is 3. The van der Waals surface area contributed by atoms with Crippen LogP contribution >= 0.6 is 11.8 Å². The number of anilines is 1. The second kappa shape index (κ2) is 12.2. The van der Waals surface area contributed by atoms with Crippen LogP contribution in [0.4, 0.5) is 5.69 Å². The molecule has 0 saturated carbocycles. The molecule has 0 aliphatic rings. The predicted octanol–water partition coefficient (Wildman–Crippen LogP) is 4.83. The Balaban J connectivity index is 1.62. The van der Waals surface area contributed by atoms with E-state index in [1.165, 1.54) is 11.8 Å². The highest BCUT2D eigenvalue weighted by Crippen LogP contribution is 2.33. The fourth-order valence-corrected chi connectivity index (χ4v) is 4.46. The number of nitrogens with one attached hydrogen (secondary N) is 1. The van der Waals surface area contributed by atoms with Gasteiger partial charge in [-0.2, -0.15) is 0 Å². The summed E-state index contributed by atoms with van der Waals surface area (Å²) in [5.41, 5.74) is 9.12. The fourth-order valence-electron chi connectivity index (χ4n) is 3.64.